The number of nitro benzene ring substituents is 1. The van der Waals surface area contributed by atoms with E-state index in [-0.39, 0.29) is 17.4 Å². The molecule has 0 fully saturated rings. The van der Waals surface area contributed by atoms with Gasteiger partial charge in [-0.1, -0.05) is 22.9 Å². The van der Waals surface area contributed by atoms with Crippen molar-refractivity contribution in [3.8, 4) is 5.75 Å². The van der Waals surface area contributed by atoms with Crippen LogP contribution in [-0.4, -0.2) is 26.9 Å². The highest BCUT2D eigenvalue weighted by Crippen LogP contribution is 2.24. The van der Waals surface area contributed by atoms with Crippen LogP contribution >= 0.6 is 15.9 Å². The fourth-order valence-corrected chi connectivity index (χ4v) is 3.03. The van der Waals surface area contributed by atoms with Crippen molar-refractivity contribution < 1.29 is 9.66 Å². The molecule has 3 rings (SSSR count). The summed E-state index contributed by atoms with van der Waals surface area (Å²) in [6.07, 6.45) is 2.08. The van der Waals surface area contributed by atoms with Crippen LogP contribution in [0.4, 0.5) is 5.69 Å². The summed E-state index contributed by atoms with van der Waals surface area (Å²) in [6, 6.07) is 9.52. The molecule has 29 heavy (non-hydrogen) atoms. The average molecular weight is 459 g/mol. The van der Waals surface area contributed by atoms with Gasteiger partial charge in [0.05, 0.1) is 28.1 Å². The number of ether oxygens (including phenoxy) is 1. The quantitative estimate of drug-likeness (QED) is 0.308. The van der Waals surface area contributed by atoms with E-state index < -0.39 is 4.92 Å². The van der Waals surface area contributed by atoms with E-state index in [0.29, 0.717) is 28.0 Å². The van der Waals surface area contributed by atoms with Crippen molar-refractivity contribution in [3.05, 3.63) is 72.7 Å². The zero-order valence-corrected chi connectivity index (χ0v) is 17.7. The first-order chi connectivity index (χ1) is 13.8. The minimum atomic E-state index is -0.489. The largest absolute Gasteiger partial charge is 0.490 e. The number of hydrogen-bond donors (Lipinski definition) is 0. The molecular weight excluding hydrogens is 440 g/mol. The van der Waals surface area contributed by atoms with Gasteiger partial charge in [0.15, 0.2) is 0 Å². The van der Waals surface area contributed by atoms with E-state index in [1.54, 1.807) is 19.1 Å². The molecule has 1 atom stereocenters. The third-order valence-electron chi connectivity index (χ3n) is 4.39. The monoisotopic (exact) mass is 458 g/mol. The minimum Gasteiger partial charge on any atom is -0.490 e. The van der Waals surface area contributed by atoms with Crippen LogP contribution in [0.1, 0.15) is 31.7 Å². The van der Waals surface area contributed by atoms with Crippen molar-refractivity contribution in [2.75, 3.05) is 0 Å². The maximum absolute atomic E-state index is 12.9. The molecule has 8 nitrogen and oxygen atoms in total. The van der Waals surface area contributed by atoms with Crippen LogP contribution in [0.5, 0.6) is 5.75 Å². The molecule has 3 aromatic rings. The van der Waals surface area contributed by atoms with Gasteiger partial charge in [0, 0.05) is 22.2 Å². The average Bonchev–Trinajstić information content (AvgIpc) is 2.69. The van der Waals surface area contributed by atoms with Gasteiger partial charge < -0.3 is 4.74 Å². The van der Waals surface area contributed by atoms with E-state index in [4.69, 9.17) is 4.74 Å². The molecule has 0 N–H and O–H groups in total. The number of nitro groups is 1. The van der Waals surface area contributed by atoms with Gasteiger partial charge in [0.2, 0.25) is 0 Å². The summed E-state index contributed by atoms with van der Waals surface area (Å²) >= 11 is 3.35. The van der Waals surface area contributed by atoms with Crippen molar-refractivity contribution in [2.45, 2.75) is 33.3 Å². The molecule has 0 aliphatic heterocycles. The first-order valence-corrected chi connectivity index (χ1v) is 9.77. The Labute approximate surface area is 175 Å². The molecule has 0 unspecified atom stereocenters. The van der Waals surface area contributed by atoms with E-state index in [0.717, 1.165) is 10.9 Å². The Hall–Kier alpha value is -3.07. The van der Waals surface area contributed by atoms with Gasteiger partial charge in [-0.2, -0.15) is 9.78 Å². The molecule has 0 saturated carbocycles. The molecule has 2 aromatic carbocycles. The van der Waals surface area contributed by atoms with Gasteiger partial charge in [-0.05, 0) is 44.5 Å². The topological polar surface area (TPSA) is 99.6 Å². The summed E-state index contributed by atoms with van der Waals surface area (Å²) < 4.78 is 7.76. The molecule has 1 heterocycles. The number of nitrogens with zero attached hydrogens (tertiary/aromatic N) is 4. The molecule has 1 aromatic heterocycles. The molecule has 0 bridgehead atoms. The Bertz CT molecular complexity index is 1170. The maximum atomic E-state index is 12.9. The third-order valence-corrected chi connectivity index (χ3v) is 4.88. The van der Waals surface area contributed by atoms with Crippen LogP contribution in [0.25, 0.3) is 10.9 Å². The second-order valence-electron chi connectivity index (χ2n) is 6.50. The van der Waals surface area contributed by atoms with E-state index >= 15 is 0 Å². The first-order valence-electron chi connectivity index (χ1n) is 8.98. The highest BCUT2D eigenvalue weighted by molar-refractivity contribution is 9.10. The van der Waals surface area contributed by atoms with Crippen molar-refractivity contribution in [1.29, 1.82) is 0 Å². The summed E-state index contributed by atoms with van der Waals surface area (Å²) in [5, 5.41) is 15.8. The highest BCUT2D eigenvalue weighted by atomic mass is 79.9. The molecular formula is C20H19BrN4O4. The lowest BCUT2D eigenvalue weighted by atomic mass is 10.2. The summed E-state index contributed by atoms with van der Waals surface area (Å²) in [6.45, 7) is 5.55. The number of non-ortho nitro benzene ring substituents is 1. The van der Waals surface area contributed by atoms with Gasteiger partial charge in [-0.25, -0.2) is 4.98 Å². The van der Waals surface area contributed by atoms with Gasteiger partial charge >= 0.3 is 0 Å². The molecule has 0 aliphatic rings. The Kier molecular flexibility index (Phi) is 6.07. The summed E-state index contributed by atoms with van der Waals surface area (Å²) in [4.78, 5) is 27.9. The minimum absolute atomic E-state index is 0.0762. The van der Waals surface area contributed by atoms with Gasteiger partial charge in [-0.15, -0.1) is 0 Å². The zero-order chi connectivity index (χ0) is 21.1. The van der Waals surface area contributed by atoms with Gasteiger partial charge in [0.25, 0.3) is 11.2 Å². The predicted octanol–water partition coefficient (Wildman–Crippen LogP) is 4.44. The van der Waals surface area contributed by atoms with Crippen LogP contribution in [0.2, 0.25) is 0 Å². The van der Waals surface area contributed by atoms with Crippen molar-refractivity contribution in [2.24, 2.45) is 5.10 Å². The Morgan fingerprint density at radius 3 is 2.79 bits per heavy atom. The van der Waals surface area contributed by atoms with E-state index in [1.165, 1.54) is 29.1 Å². The second kappa shape index (κ2) is 8.52. The smallest absolute Gasteiger partial charge is 0.282 e. The molecule has 0 radical (unpaired) electrons. The van der Waals surface area contributed by atoms with E-state index in [2.05, 4.69) is 26.0 Å². The number of halogens is 1. The van der Waals surface area contributed by atoms with E-state index in [9.17, 15) is 14.9 Å². The van der Waals surface area contributed by atoms with Gasteiger partial charge in [-0.3, -0.25) is 14.9 Å². The van der Waals surface area contributed by atoms with Crippen LogP contribution in [0, 0.1) is 17.0 Å². The summed E-state index contributed by atoms with van der Waals surface area (Å²) in [5.41, 5.74) is 0.547. The molecule has 0 amide bonds. The number of rotatable bonds is 6. The predicted molar refractivity (Wildman–Crippen MR) is 115 cm³/mol. The van der Waals surface area contributed by atoms with Crippen molar-refractivity contribution in [1.82, 2.24) is 9.66 Å². The molecule has 0 aliphatic carbocycles. The van der Waals surface area contributed by atoms with Crippen LogP contribution < -0.4 is 10.3 Å². The fourth-order valence-electron chi connectivity index (χ4n) is 2.67. The SMILES string of the molecule is CC[C@H](C)Oc1ccc([N+](=O)[O-])cc1C=Nn1c(C)nc2ccc(Br)cc2c1=O. The van der Waals surface area contributed by atoms with Crippen molar-refractivity contribution >= 4 is 38.7 Å². The van der Waals surface area contributed by atoms with Crippen LogP contribution in [-0.2, 0) is 0 Å². The third kappa shape index (κ3) is 4.51. The number of fused-ring (bicyclic) bond motifs is 1. The Balaban J connectivity index is 2.10. The Morgan fingerprint density at radius 1 is 1.34 bits per heavy atom. The second-order valence-corrected chi connectivity index (χ2v) is 7.41. The number of aryl methyl sites for hydroxylation is 1. The summed E-state index contributed by atoms with van der Waals surface area (Å²) in [7, 11) is 0. The summed E-state index contributed by atoms with van der Waals surface area (Å²) in [5.74, 6) is 0.854. The lowest BCUT2D eigenvalue weighted by Crippen LogP contribution is -2.20. The molecule has 9 heteroatoms. The maximum Gasteiger partial charge on any atom is 0.282 e. The molecule has 0 saturated heterocycles. The van der Waals surface area contributed by atoms with Crippen molar-refractivity contribution in [3.63, 3.8) is 0 Å². The normalized spacial score (nSPS) is 12.4. The van der Waals surface area contributed by atoms with Crippen LogP contribution in [0.15, 0.2) is 50.8 Å². The standard InChI is InChI=1S/C20H19BrN4O4/c1-4-12(2)29-19-8-6-16(25(27)28)9-14(19)11-22-24-13(3)23-18-7-5-15(21)10-17(18)20(24)26/h5-12H,4H2,1-3H3/t12-/m0/s1. The number of hydrogen-bond acceptors (Lipinski definition) is 6. The highest BCUT2D eigenvalue weighted by Gasteiger charge is 2.13. The van der Waals surface area contributed by atoms with Gasteiger partial charge in [0.1, 0.15) is 11.6 Å². The molecule has 150 valence electrons. The Morgan fingerprint density at radius 2 is 2.10 bits per heavy atom. The first kappa shape index (κ1) is 20.7. The number of benzene rings is 2. The van der Waals surface area contributed by atoms with E-state index in [1.807, 2.05) is 19.9 Å². The lowest BCUT2D eigenvalue weighted by molar-refractivity contribution is -0.384. The van der Waals surface area contributed by atoms with Crippen LogP contribution in [0.3, 0.4) is 0 Å². The fraction of sp³-hybridized carbons (Fsp3) is 0.250. The molecule has 0 spiro atoms. The number of aromatic nitrogens is 2. The lowest BCUT2D eigenvalue weighted by Gasteiger charge is -2.14. The zero-order valence-electron chi connectivity index (χ0n) is 16.1.